The van der Waals surface area contributed by atoms with Crippen LogP contribution in [0.2, 0.25) is 0 Å². The highest BCUT2D eigenvalue weighted by Crippen LogP contribution is 2.18. The van der Waals surface area contributed by atoms with Gasteiger partial charge in [-0.05, 0) is 43.3 Å². The molecule has 3 aromatic rings. The van der Waals surface area contributed by atoms with Crippen LogP contribution in [0.5, 0.6) is 5.75 Å². The van der Waals surface area contributed by atoms with Gasteiger partial charge in [0.25, 0.3) is 11.8 Å². The van der Waals surface area contributed by atoms with E-state index in [2.05, 4.69) is 19.4 Å². The summed E-state index contributed by atoms with van der Waals surface area (Å²) in [6.07, 6.45) is 0. The summed E-state index contributed by atoms with van der Waals surface area (Å²) in [5, 5.41) is 5.34. The molecule has 0 aliphatic carbocycles. The first-order valence-corrected chi connectivity index (χ1v) is 8.94. The maximum absolute atomic E-state index is 12.5. The maximum atomic E-state index is 12.5. The van der Waals surface area contributed by atoms with Crippen molar-refractivity contribution in [2.75, 3.05) is 12.4 Å². The quantitative estimate of drug-likeness (QED) is 0.683. The SMILES string of the molecule is CNC(=O)c1cccc(NC(=O)c2cccc(OCc3nsnc3C)c2)c1. The molecular formula is C19H18N4O3S. The molecule has 0 radical (unpaired) electrons. The minimum atomic E-state index is -0.291. The first-order valence-electron chi connectivity index (χ1n) is 8.21. The van der Waals surface area contributed by atoms with Crippen LogP contribution in [0.25, 0.3) is 0 Å². The minimum Gasteiger partial charge on any atom is -0.487 e. The van der Waals surface area contributed by atoms with E-state index in [-0.39, 0.29) is 11.8 Å². The van der Waals surface area contributed by atoms with Crippen molar-refractivity contribution in [2.45, 2.75) is 13.5 Å². The number of benzene rings is 2. The van der Waals surface area contributed by atoms with Crippen molar-refractivity contribution in [1.82, 2.24) is 14.1 Å². The number of anilines is 1. The van der Waals surface area contributed by atoms with Crippen LogP contribution in [0.15, 0.2) is 48.5 Å². The fourth-order valence-corrected chi connectivity index (χ4v) is 2.90. The number of carbonyl (C=O) groups excluding carboxylic acids is 2. The molecule has 2 N–H and O–H groups in total. The molecule has 1 aromatic heterocycles. The van der Waals surface area contributed by atoms with Crippen LogP contribution >= 0.6 is 11.7 Å². The number of nitrogens with zero attached hydrogens (tertiary/aromatic N) is 2. The van der Waals surface area contributed by atoms with Gasteiger partial charge < -0.3 is 15.4 Å². The summed E-state index contributed by atoms with van der Waals surface area (Å²) < 4.78 is 14.0. The molecule has 8 heteroatoms. The Labute approximate surface area is 160 Å². The van der Waals surface area contributed by atoms with E-state index in [0.717, 1.165) is 23.1 Å². The molecule has 7 nitrogen and oxygen atoms in total. The van der Waals surface area contributed by atoms with E-state index in [1.807, 2.05) is 6.92 Å². The number of amides is 2. The average molecular weight is 382 g/mol. The van der Waals surface area contributed by atoms with E-state index in [0.29, 0.717) is 29.2 Å². The third-order valence-corrected chi connectivity index (χ3v) is 4.49. The van der Waals surface area contributed by atoms with Gasteiger partial charge in [-0.3, -0.25) is 9.59 Å². The zero-order valence-corrected chi connectivity index (χ0v) is 15.7. The molecule has 0 aliphatic heterocycles. The maximum Gasteiger partial charge on any atom is 0.255 e. The van der Waals surface area contributed by atoms with Crippen molar-refractivity contribution >= 4 is 29.2 Å². The number of carbonyl (C=O) groups is 2. The van der Waals surface area contributed by atoms with Crippen molar-refractivity contribution in [1.29, 1.82) is 0 Å². The predicted molar refractivity (Wildman–Crippen MR) is 103 cm³/mol. The van der Waals surface area contributed by atoms with Crippen LogP contribution in [0.3, 0.4) is 0 Å². The standard InChI is InChI=1S/C19H18N4O3S/c1-12-17(23-27-22-12)11-26-16-8-4-6-14(10-16)19(25)21-15-7-3-5-13(9-15)18(24)20-2/h3-10H,11H2,1-2H3,(H,20,24)(H,21,25). The zero-order valence-electron chi connectivity index (χ0n) is 14.9. The Morgan fingerprint density at radius 3 is 2.48 bits per heavy atom. The minimum absolute atomic E-state index is 0.215. The second-order valence-electron chi connectivity index (χ2n) is 5.73. The highest BCUT2D eigenvalue weighted by Gasteiger charge is 2.10. The smallest absolute Gasteiger partial charge is 0.255 e. The van der Waals surface area contributed by atoms with E-state index >= 15 is 0 Å². The molecule has 0 spiro atoms. The average Bonchev–Trinajstić information content (AvgIpc) is 3.11. The van der Waals surface area contributed by atoms with Gasteiger partial charge in [-0.1, -0.05) is 12.1 Å². The summed E-state index contributed by atoms with van der Waals surface area (Å²) in [5.74, 6) is 0.0588. The van der Waals surface area contributed by atoms with Gasteiger partial charge in [0.05, 0.1) is 17.4 Å². The number of hydrogen-bond donors (Lipinski definition) is 2. The summed E-state index contributed by atoms with van der Waals surface area (Å²) >= 11 is 1.14. The fraction of sp³-hybridized carbons (Fsp3) is 0.158. The Bertz CT molecular complexity index is 971. The number of nitrogens with one attached hydrogen (secondary N) is 2. The van der Waals surface area contributed by atoms with Gasteiger partial charge >= 0.3 is 0 Å². The summed E-state index contributed by atoms with van der Waals surface area (Å²) in [6, 6.07) is 13.6. The molecular weight excluding hydrogens is 364 g/mol. The van der Waals surface area contributed by atoms with Crippen LogP contribution in [-0.2, 0) is 6.61 Å². The molecule has 0 saturated heterocycles. The van der Waals surface area contributed by atoms with Crippen molar-refractivity contribution < 1.29 is 14.3 Å². The summed E-state index contributed by atoms with van der Waals surface area (Å²) in [5.41, 5.74) is 3.08. The molecule has 2 amide bonds. The molecule has 2 aromatic carbocycles. The van der Waals surface area contributed by atoms with Crippen LogP contribution in [0.1, 0.15) is 32.1 Å². The van der Waals surface area contributed by atoms with Crippen LogP contribution < -0.4 is 15.4 Å². The molecule has 0 bridgehead atoms. The normalized spacial score (nSPS) is 10.3. The first kappa shape index (κ1) is 18.5. The van der Waals surface area contributed by atoms with Gasteiger partial charge in [0.2, 0.25) is 0 Å². The zero-order chi connectivity index (χ0) is 19.2. The Balaban J connectivity index is 1.68. The molecule has 0 unspecified atom stereocenters. The lowest BCUT2D eigenvalue weighted by Crippen LogP contribution is -2.18. The van der Waals surface area contributed by atoms with Gasteiger partial charge in [0.1, 0.15) is 18.1 Å². The first-order chi connectivity index (χ1) is 13.1. The largest absolute Gasteiger partial charge is 0.487 e. The number of rotatable bonds is 6. The lowest BCUT2D eigenvalue weighted by atomic mass is 10.1. The van der Waals surface area contributed by atoms with E-state index < -0.39 is 0 Å². The molecule has 0 aliphatic rings. The van der Waals surface area contributed by atoms with Gasteiger partial charge in [-0.15, -0.1) is 0 Å². The Kier molecular flexibility index (Phi) is 5.77. The van der Waals surface area contributed by atoms with E-state index in [1.165, 1.54) is 0 Å². The van der Waals surface area contributed by atoms with Crippen molar-refractivity contribution in [2.24, 2.45) is 0 Å². The second kappa shape index (κ2) is 8.41. The molecule has 27 heavy (non-hydrogen) atoms. The number of hydrogen-bond acceptors (Lipinski definition) is 6. The monoisotopic (exact) mass is 382 g/mol. The van der Waals surface area contributed by atoms with Crippen LogP contribution in [0, 0.1) is 6.92 Å². The predicted octanol–water partition coefficient (Wildman–Crippen LogP) is 3.04. The summed E-state index contributed by atoms with van der Waals surface area (Å²) in [6.45, 7) is 2.17. The lowest BCUT2D eigenvalue weighted by molar-refractivity contribution is 0.0961. The van der Waals surface area contributed by atoms with Crippen molar-refractivity contribution in [3.8, 4) is 5.75 Å². The molecule has 138 valence electrons. The van der Waals surface area contributed by atoms with Gasteiger partial charge in [0.15, 0.2) is 0 Å². The Hall–Kier alpha value is -3.26. The van der Waals surface area contributed by atoms with E-state index in [1.54, 1.807) is 55.6 Å². The van der Waals surface area contributed by atoms with Gasteiger partial charge in [0, 0.05) is 23.9 Å². The number of aryl methyl sites for hydroxylation is 1. The number of aromatic nitrogens is 2. The molecule has 0 fully saturated rings. The molecule has 0 saturated carbocycles. The van der Waals surface area contributed by atoms with Crippen molar-refractivity contribution in [3.63, 3.8) is 0 Å². The fourth-order valence-electron chi connectivity index (χ4n) is 2.35. The molecule has 1 heterocycles. The van der Waals surface area contributed by atoms with Gasteiger partial charge in [-0.25, -0.2) is 0 Å². The third-order valence-electron chi connectivity index (χ3n) is 3.83. The van der Waals surface area contributed by atoms with Crippen LogP contribution in [0.4, 0.5) is 5.69 Å². The summed E-state index contributed by atoms with van der Waals surface area (Å²) in [7, 11) is 1.56. The number of ether oxygens (including phenoxy) is 1. The molecule has 0 atom stereocenters. The third kappa shape index (κ3) is 4.68. The van der Waals surface area contributed by atoms with Gasteiger partial charge in [-0.2, -0.15) is 8.75 Å². The summed E-state index contributed by atoms with van der Waals surface area (Å²) in [4.78, 5) is 24.2. The highest BCUT2D eigenvalue weighted by atomic mass is 32.1. The topological polar surface area (TPSA) is 93.2 Å². The van der Waals surface area contributed by atoms with Crippen LogP contribution in [-0.4, -0.2) is 27.6 Å². The molecule has 3 rings (SSSR count). The lowest BCUT2D eigenvalue weighted by Gasteiger charge is -2.09. The Morgan fingerprint density at radius 1 is 1.04 bits per heavy atom. The van der Waals surface area contributed by atoms with E-state index in [4.69, 9.17) is 4.74 Å². The van der Waals surface area contributed by atoms with Crippen molar-refractivity contribution in [3.05, 3.63) is 71.0 Å². The van der Waals surface area contributed by atoms with E-state index in [9.17, 15) is 9.59 Å². The Morgan fingerprint density at radius 2 is 1.78 bits per heavy atom. The second-order valence-corrected chi connectivity index (χ2v) is 6.26. The highest BCUT2D eigenvalue weighted by molar-refractivity contribution is 6.99.